The summed E-state index contributed by atoms with van der Waals surface area (Å²) >= 11 is 0. The number of para-hydroxylation sites is 12. The van der Waals surface area contributed by atoms with Crippen molar-refractivity contribution in [2.75, 3.05) is 19.6 Å². The van der Waals surface area contributed by atoms with Crippen LogP contribution in [0.1, 0.15) is 29.7 Å². The minimum atomic E-state index is -0.890. The summed E-state index contributed by atoms with van der Waals surface area (Å²) in [5.41, 5.74) is 28.9. The molecule has 0 fully saturated rings. The molecule has 637 valence electrons. The number of fused-ring (bicyclic) bond motifs is 12. The van der Waals surface area contributed by atoms with Gasteiger partial charge in [0.25, 0.3) is 0 Å². The maximum Gasteiger partial charge on any atom is 0.142 e. The number of pyridine rings is 1. The van der Waals surface area contributed by atoms with Crippen molar-refractivity contribution in [2.45, 2.75) is 12.8 Å². The van der Waals surface area contributed by atoms with Gasteiger partial charge >= 0.3 is 0 Å². The van der Waals surface area contributed by atoms with E-state index in [4.69, 9.17) is 11.0 Å². The third kappa shape index (κ3) is 15.7. The molecule has 19 aromatic carbocycles. The Kier molecular flexibility index (Phi) is 23.4. The number of furan rings is 1. The first-order chi connectivity index (χ1) is 64.9. The number of benzene rings is 19. The maximum atomic E-state index is 13.0. The summed E-state index contributed by atoms with van der Waals surface area (Å²) in [5.74, 6) is -0.551. The molecule has 0 spiro atoms. The van der Waals surface area contributed by atoms with Crippen molar-refractivity contribution in [3.05, 3.63) is 543 Å². The van der Waals surface area contributed by atoms with Crippen LogP contribution in [0.25, 0.3) is 104 Å². The van der Waals surface area contributed by atoms with Gasteiger partial charge in [0.15, 0.2) is 0 Å². The summed E-state index contributed by atoms with van der Waals surface area (Å²) in [6.07, 6.45) is 1.64. The monoisotopic (exact) mass is 1890 g/mol. The van der Waals surface area contributed by atoms with Crippen LogP contribution in [0.3, 0.4) is 0 Å². The Bertz CT molecular complexity index is 7240. The van der Waals surface area contributed by atoms with Crippen LogP contribution < -0.4 is 19.6 Å². The fourth-order valence-electron chi connectivity index (χ4n) is 19.2. The van der Waals surface area contributed by atoms with Gasteiger partial charge in [0.1, 0.15) is 16.9 Å². The molecule has 24 rings (SSSR count). The second-order valence-electron chi connectivity index (χ2n) is 32.5. The predicted octanol–water partition coefficient (Wildman–Crippen LogP) is 33.6. The maximum absolute atomic E-state index is 13.0. The van der Waals surface area contributed by atoms with Crippen LogP contribution in [0, 0.1) is 18.5 Å². The summed E-state index contributed by atoms with van der Waals surface area (Å²) < 4.78 is 24.1. The van der Waals surface area contributed by atoms with Gasteiger partial charge in [-0.05, 0) is 239 Å². The van der Waals surface area contributed by atoms with Crippen LogP contribution in [0.2, 0.25) is 0 Å². The quantitative estimate of drug-likeness (QED) is 0.0847. The minimum absolute atomic E-state index is 0. The molecule has 4 aromatic heterocycles. The first-order valence-electron chi connectivity index (χ1n) is 43.9. The van der Waals surface area contributed by atoms with Gasteiger partial charge in [0.2, 0.25) is 0 Å². The molecule has 0 saturated carbocycles. The van der Waals surface area contributed by atoms with E-state index in [2.05, 4.69) is 506 Å². The van der Waals surface area contributed by atoms with Crippen LogP contribution in [0.4, 0.5) is 78.3 Å². The molecule has 23 aromatic rings. The second-order valence-corrected chi connectivity index (χ2v) is 32.5. The van der Waals surface area contributed by atoms with Crippen molar-refractivity contribution in [1.29, 1.82) is 0 Å². The van der Waals surface area contributed by atoms with Gasteiger partial charge in [0.05, 0.1) is 34.1 Å². The largest absolute Gasteiger partial charge is 0.456 e. The Morgan fingerprint density at radius 1 is 0.293 bits per heavy atom. The van der Waals surface area contributed by atoms with Crippen molar-refractivity contribution in [3.63, 3.8) is 0 Å². The molecule has 0 aliphatic heterocycles. The first kappa shape index (κ1) is 84.2. The molecule has 0 unspecified atom stereocenters. The van der Waals surface area contributed by atoms with Gasteiger partial charge in [-0.1, -0.05) is 286 Å². The number of halogens is 1. The number of hydrogen-bond donors (Lipinski definition) is 0. The minimum Gasteiger partial charge on any atom is -0.456 e. The van der Waals surface area contributed by atoms with Crippen molar-refractivity contribution >= 4 is 139 Å². The van der Waals surface area contributed by atoms with Gasteiger partial charge in [0, 0.05) is 144 Å². The Balaban J connectivity index is 0.000000161. The van der Waals surface area contributed by atoms with E-state index in [-0.39, 0.29) is 33.2 Å². The summed E-state index contributed by atoms with van der Waals surface area (Å²) in [5, 5.41) is 7.29. The number of aromatic nitrogens is 3. The van der Waals surface area contributed by atoms with Gasteiger partial charge in [-0.3, -0.25) is 9.24 Å². The van der Waals surface area contributed by atoms with Gasteiger partial charge < -0.3 is 38.1 Å². The molecule has 0 amide bonds. The predicted molar refractivity (Wildman–Crippen MR) is 546 cm³/mol. The zero-order chi connectivity index (χ0) is 87.6. The fraction of sp³-hybridized carbons (Fsp3) is 0.0164. The van der Waals surface area contributed by atoms with E-state index in [1.165, 1.54) is 71.9 Å². The summed E-state index contributed by atoms with van der Waals surface area (Å²) in [6, 6.07) is 177. The molecular formula is C122H86FIrN8O-. The van der Waals surface area contributed by atoms with Crippen molar-refractivity contribution in [1.82, 2.24) is 14.1 Å². The molecule has 4 heterocycles. The molecule has 0 saturated heterocycles. The Morgan fingerprint density at radius 2 is 0.579 bits per heavy atom. The van der Waals surface area contributed by atoms with Crippen LogP contribution in [-0.2, 0) is 25.5 Å². The summed E-state index contributed by atoms with van der Waals surface area (Å²) in [6.45, 7) is 6.79. The number of rotatable bonds is 17. The third-order valence-corrected chi connectivity index (χ3v) is 24.8. The third-order valence-electron chi connectivity index (χ3n) is 24.8. The Labute approximate surface area is 786 Å². The molecule has 9 nitrogen and oxygen atoms in total. The number of anilines is 12. The Hall–Kier alpha value is -17.0. The molecular weight excluding hydrogens is 1800 g/mol. The van der Waals surface area contributed by atoms with E-state index in [0.717, 1.165) is 119 Å². The molecule has 133 heavy (non-hydrogen) atoms. The molecule has 0 bridgehead atoms. The van der Waals surface area contributed by atoms with E-state index in [1.807, 2.05) is 6.07 Å². The Morgan fingerprint density at radius 3 is 0.880 bits per heavy atom. The van der Waals surface area contributed by atoms with E-state index in [0.29, 0.717) is 11.3 Å². The van der Waals surface area contributed by atoms with E-state index in [9.17, 15) is 4.39 Å². The van der Waals surface area contributed by atoms with Crippen molar-refractivity contribution in [2.24, 2.45) is 0 Å². The van der Waals surface area contributed by atoms with Crippen LogP contribution in [0.15, 0.2) is 502 Å². The van der Waals surface area contributed by atoms with Crippen LogP contribution >= 0.6 is 0 Å². The van der Waals surface area contributed by atoms with Crippen molar-refractivity contribution < 1.29 is 28.9 Å². The van der Waals surface area contributed by atoms with E-state index < -0.39 is 11.2 Å². The molecule has 0 N–H and O–H groups in total. The zero-order valence-electron chi connectivity index (χ0n) is 71.5. The van der Waals surface area contributed by atoms with Crippen LogP contribution in [-0.4, -0.2) is 14.1 Å². The number of nitrogens with zero attached hydrogens (tertiary/aromatic N) is 8. The molecule has 1 aliphatic carbocycles. The SMILES string of the molecule is C.[C-]#[N+]c1cc(-c2ccccn2)[c-]cc1F.[Ir].c1ccc(N(c2ccccc2)c2cc(N(c3ccccc3)c3ccccc3)cc(C3(c4cc(N(c5ccccc5)c5ccccc5)cc(N(c5ccccc5)c5ccccc5)c4)c4ccccc4-c4ccccc43)c2)cc1.c1ccc2c(c1)c1ccccc1n2-c1ccc2oc3ccc(-n4c5ccccc5c5ccccc54)cc3c2c1. The first-order valence-corrected chi connectivity index (χ1v) is 43.9. The molecule has 0 atom stereocenters. The second kappa shape index (κ2) is 37.0. The zero-order valence-corrected chi connectivity index (χ0v) is 73.9. The molecule has 11 heteroatoms. The van der Waals surface area contributed by atoms with Gasteiger partial charge in [-0.2, -0.15) is 0 Å². The van der Waals surface area contributed by atoms with E-state index in [1.54, 1.807) is 18.3 Å². The average Bonchev–Trinajstić information content (AvgIpc) is 1.54. The van der Waals surface area contributed by atoms with Gasteiger partial charge in [-0.15, -0.1) is 23.8 Å². The molecule has 1 radical (unpaired) electrons. The normalized spacial score (nSPS) is 11.6. The van der Waals surface area contributed by atoms with Crippen molar-refractivity contribution in [3.8, 4) is 33.8 Å². The summed E-state index contributed by atoms with van der Waals surface area (Å²) in [4.78, 5) is 16.8. The standard InChI is InChI=1S/C73H54N4.C36H22N2O.C12H6FN2.CH4.Ir/c1-9-29-57(30-10-1)74(58-31-11-2-12-32-58)65-49-55(50-66(53-65)75(59-33-13-3-14-34-59)60-35-15-4-16-36-60)73(71-47-27-25-45-69(71)70-46-26-28-48-72(70)73)56-51-67(76(61-37-17-5-18-38-61)62-39-19-6-20-40-62)54-68(52-56)77(63-41-21-7-22-42-63)64-43-23-8-24-44-64;1-5-13-31-25(9-1)26-10-2-6-14-32(26)37(31)23-17-19-35-29(21-23)30-22-24(18-20-36(30)39-35)38-33-15-7-3-11-27(33)28-12-4-8-16-34(28)38;1-14-12-8-9(5-6-10(12)13)11-4-2-3-7-15-11;;/h1-54H;1-22H;2-4,6-8H;1H4;/q;;-1;;. The van der Waals surface area contributed by atoms with E-state index >= 15 is 0 Å². The summed E-state index contributed by atoms with van der Waals surface area (Å²) in [7, 11) is 0. The van der Waals surface area contributed by atoms with Gasteiger partial charge in [-0.25, -0.2) is 0 Å². The topological polar surface area (TPSA) is 53.2 Å². The van der Waals surface area contributed by atoms with Crippen LogP contribution in [0.5, 0.6) is 0 Å². The smallest absolute Gasteiger partial charge is 0.142 e. The fourth-order valence-corrected chi connectivity index (χ4v) is 19.2. The molecule has 1 aliphatic rings. The number of hydrogen-bond acceptors (Lipinski definition) is 6. The average molecular weight is 1890 g/mol.